The average molecular weight is 267 g/mol. The largest absolute Gasteiger partial charge is 0.504 e. The van der Waals surface area contributed by atoms with Gasteiger partial charge in [-0.2, -0.15) is 0 Å². The highest BCUT2D eigenvalue weighted by molar-refractivity contribution is 5.94. The van der Waals surface area contributed by atoms with Crippen molar-refractivity contribution in [3.8, 4) is 11.5 Å². The maximum Gasteiger partial charge on any atom is 0.251 e. The second-order valence-electron chi connectivity index (χ2n) is 4.11. The Morgan fingerprint density at radius 2 is 2.16 bits per heavy atom. The summed E-state index contributed by atoms with van der Waals surface area (Å²) in [7, 11) is 1.46. The van der Waals surface area contributed by atoms with Gasteiger partial charge in [0.1, 0.15) is 0 Å². The van der Waals surface area contributed by atoms with Crippen LogP contribution in [-0.4, -0.2) is 37.9 Å². The van der Waals surface area contributed by atoms with Crippen molar-refractivity contribution in [2.45, 2.75) is 19.8 Å². The Hall–Kier alpha value is -1.75. The number of phenols is 1. The molecule has 0 radical (unpaired) electrons. The van der Waals surface area contributed by atoms with E-state index in [1.807, 2.05) is 0 Å². The van der Waals surface area contributed by atoms with Crippen molar-refractivity contribution >= 4 is 5.91 Å². The molecule has 2 N–H and O–H groups in total. The van der Waals surface area contributed by atoms with Crippen LogP contribution in [-0.2, 0) is 4.74 Å². The SMILES string of the molecule is CCCOCCCNC(=O)c1ccc(OC)c(O)c1. The van der Waals surface area contributed by atoms with E-state index in [-0.39, 0.29) is 11.7 Å². The molecule has 0 aliphatic heterocycles. The van der Waals surface area contributed by atoms with Crippen LogP contribution in [0.3, 0.4) is 0 Å². The second-order valence-corrected chi connectivity index (χ2v) is 4.11. The van der Waals surface area contributed by atoms with Crippen molar-refractivity contribution in [3.05, 3.63) is 23.8 Å². The molecule has 0 bridgehead atoms. The molecule has 0 aromatic heterocycles. The van der Waals surface area contributed by atoms with Crippen LogP contribution < -0.4 is 10.1 Å². The lowest BCUT2D eigenvalue weighted by atomic mass is 10.2. The Balaban J connectivity index is 2.35. The van der Waals surface area contributed by atoms with Gasteiger partial charge in [-0.1, -0.05) is 6.92 Å². The van der Waals surface area contributed by atoms with Crippen molar-refractivity contribution < 1.29 is 19.4 Å². The zero-order chi connectivity index (χ0) is 14.1. The van der Waals surface area contributed by atoms with Crippen molar-refractivity contribution in [2.24, 2.45) is 0 Å². The number of hydrogen-bond acceptors (Lipinski definition) is 4. The van der Waals surface area contributed by atoms with E-state index in [0.717, 1.165) is 19.4 Å². The van der Waals surface area contributed by atoms with E-state index in [4.69, 9.17) is 9.47 Å². The highest BCUT2D eigenvalue weighted by atomic mass is 16.5. The van der Waals surface area contributed by atoms with Gasteiger partial charge in [0, 0.05) is 25.3 Å². The minimum Gasteiger partial charge on any atom is -0.504 e. The van der Waals surface area contributed by atoms with Crippen LogP contribution in [0.5, 0.6) is 11.5 Å². The number of phenolic OH excluding ortho intramolecular Hbond substituents is 1. The lowest BCUT2D eigenvalue weighted by Crippen LogP contribution is -2.25. The molecule has 106 valence electrons. The molecule has 0 saturated carbocycles. The molecule has 1 rings (SSSR count). The summed E-state index contributed by atoms with van der Waals surface area (Å²) in [5, 5.41) is 12.4. The number of carbonyl (C=O) groups is 1. The van der Waals surface area contributed by atoms with E-state index >= 15 is 0 Å². The highest BCUT2D eigenvalue weighted by Gasteiger charge is 2.08. The molecule has 0 aliphatic carbocycles. The Labute approximate surface area is 113 Å². The molecule has 0 unspecified atom stereocenters. The molecule has 1 aromatic carbocycles. The molecular formula is C14H21NO4. The third kappa shape index (κ3) is 5.18. The predicted octanol–water partition coefficient (Wildman–Crippen LogP) is 1.95. The summed E-state index contributed by atoms with van der Waals surface area (Å²) in [5.74, 6) is 0.0967. The van der Waals surface area contributed by atoms with Crippen LogP contribution in [0.4, 0.5) is 0 Å². The number of ether oxygens (including phenoxy) is 2. The van der Waals surface area contributed by atoms with Gasteiger partial charge >= 0.3 is 0 Å². The predicted molar refractivity (Wildman–Crippen MR) is 72.7 cm³/mol. The summed E-state index contributed by atoms with van der Waals surface area (Å²) in [4.78, 5) is 11.8. The Morgan fingerprint density at radius 1 is 1.37 bits per heavy atom. The van der Waals surface area contributed by atoms with Gasteiger partial charge in [-0.3, -0.25) is 4.79 Å². The van der Waals surface area contributed by atoms with Gasteiger partial charge in [0.05, 0.1) is 7.11 Å². The monoisotopic (exact) mass is 267 g/mol. The van der Waals surface area contributed by atoms with Crippen LogP contribution in [0, 0.1) is 0 Å². The molecule has 0 aliphatic rings. The Kier molecular flexibility index (Phi) is 6.74. The third-order valence-corrected chi connectivity index (χ3v) is 2.54. The van der Waals surface area contributed by atoms with Crippen molar-refractivity contribution in [3.63, 3.8) is 0 Å². The van der Waals surface area contributed by atoms with Crippen molar-refractivity contribution in [1.82, 2.24) is 5.32 Å². The number of nitrogens with one attached hydrogen (secondary N) is 1. The number of hydrogen-bond donors (Lipinski definition) is 2. The lowest BCUT2D eigenvalue weighted by Gasteiger charge is -2.08. The number of amides is 1. The summed E-state index contributed by atoms with van der Waals surface area (Å²) < 4.78 is 10.2. The van der Waals surface area contributed by atoms with Crippen LogP contribution in [0.2, 0.25) is 0 Å². The lowest BCUT2D eigenvalue weighted by molar-refractivity contribution is 0.0941. The summed E-state index contributed by atoms with van der Waals surface area (Å²) in [6, 6.07) is 4.57. The zero-order valence-electron chi connectivity index (χ0n) is 11.4. The summed E-state index contributed by atoms with van der Waals surface area (Å²) in [6.45, 7) is 4.00. The van der Waals surface area contributed by atoms with E-state index in [1.54, 1.807) is 12.1 Å². The van der Waals surface area contributed by atoms with E-state index in [2.05, 4.69) is 12.2 Å². The molecular weight excluding hydrogens is 246 g/mol. The normalized spacial score (nSPS) is 10.2. The molecule has 1 amide bonds. The van der Waals surface area contributed by atoms with Gasteiger partial charge in [0.2, 0.25) is 0 Å². The van der Waals surface area contributed by atoms with E-state index < -0.39 is 0 Å². The minimum absolute atomic E-state index is 0.0403. The van der Waals surface area contributed by atoms with Gasteiger partial charge in [-0.15, -0.1) is 0 Å². The molecule has 0 fully saturated rings. The van der Waals surface area contributed by atoms with Gasteiger partial charge in [0.15, 0.2) is 11.5 Å². The smallest absolute Gasteiger partial charge is 0.251 e. The first-order valence-corrected chi connectivity index (χ1v) is 6.42. The molecule has 0 saturated heterocycles. The van der Waals surface area contributed by atoms with Crippen LogP contribution in [0.1, 0.15) is 30.1 Å². The first-order chi connectivity index (χ1) is 9.19. The molecule has 1 aromatic rings. The fourth-order valence-corrected chi connectivity index (χ4v) is 1.56. The van der Waals surface area contributed by atoms with Crippen LogP contribution >= 0.6 is 0 Å². The highest BCUT2D eigenvalue weighted by Crippen LogP contribution is 2.25. The zero-order valence-corrected chi connectivity index (χ0v) is 11.4. The fraction of sp³-hybridized carbons (Fsp3) is 0.500. The molecule has 5 nitrogen and oxygen atoms in total. The Bertz CT molecular complexity index is 406. The maximum atomic E-state index is 11.8. The number of rotatable bonds is 8. The molecule has 0 atom stereocenters. The molecule has 0 spiro atoms. The Morgan fingerprint density at radius 3 is 2.79 bits per heavy atom. The first-order valence-electron chi connectivity index (χ1n) is 6.42. The van der Waals surface area contributed by atoms with Gasteiger partial charge in [0.25, 0.3) is 5.91 Å². The number of benzene rings is 1. The third-order valence-electron chi connectivity index (χ3n) is 2.54. The summed E-state index contributed by atoms with van der Waals surface area (Å²) in [5.41, 5.74) is 0.410. The average Bonchev–Trinajstić information content (AvgIpc) is 2.42. The van der Waals surface area contributed by atoms with Crippen molar-refractivity contribution in [1.29, 1.82) is 0 Å². The fourth-order valence-electron chi connectivity index (χ4n) is 1.56. The van der Waals surface area contributed by atoms with E-state index in [9.17, 15) is 9.90 Å². The van der Waals surface area contributed by atoms with Crippen molar-refractivity contribution in [2.75, 3.05) is 26.9 Å². The molecule has 19 heavy (non-hydrogen) atoms. The van der Waals surface area contributed by atoms with E-state index in [1.165, 1.54) is 13.2 Å². The maximum absolute atomic E-state index is 11.8. The minimum atomic E-state index is -0.214. The topological polar surface area (TPSA) is 67.8 Å². The first kappa shape index (κ1) is 15.3. The standard InChI is InChI=1S/C14H21NO4/c1-3-8-19-9-4-7-15-14(17)11-5-6-13(18-2)12(16)10-11/h5-6,10,16H,3-4,7-9H2,1-2H3,(H,15,17). The molecule has 5 heteroatoms. The molecule has 0 heterocycles. The second kappa shape index (κ2) is 8.37. The van der Waals surface area contributed by atoms with Crippen LogP contribution in [0.25, 0.3) is 0 Å². The van der Waals surface area contributed by atoms with E-state index in [0.29, 0.717) is 24.5 Å². The number of carbonyl (C=O) groups excluding carboxylic acids is 1. The number of methoxy groups -OCH3 is 1. The van der Waals surface area contributed by atoms with Gasteiger partial charge < -0.3 is 19.9 Å². The number of aromatic hydroxyl groups is 1. The summed E-state index contributed by atoms with van der Waals surface area (Å²) >= 11 is 0. The van der Waals surface area contributed by atoms with Gasteiger partial charge in [-0.25, -0.2) is 0 Å². The van der Waals surface area contributed by atoms with Gasteiger partial charge in [-0.05, 0) is 31.0 Å². The van der Waals surface area contributed by atoms with Crippen LogP contribution in [0.15, 0.2) is 18.2 Å². The summed E-state index contributed by atoms with van der Waals surface area (Å²) in [6.07, 6.45) is 1.77. The quantitative estimate of drug-likeness (QED) is 0.706.